The molecule has 0 saturated heterocycles. The lowest BCUT2D eigenvalue weighted by Gasteiger charge is -2.30. The van der Waals surface area contributed by atoms with Crippen LogP contribution in [0.15, 0.2) is 54.6 Å². The highest BCUT2D eigenvalue weighted by molar-refractivity contribution is 5.39. The Morgan fingerprint density at radius 1 is 1.00 bits per heavy atom. The highest BCUT2D eigenvalue weighted by Crippen LogP contribution is 2.44. The Morgan fingerprint density at radius 3 is 2.31 bits per heavy atom. The first-order valence-electron chi connectivity index (χ1n) is 6.30. The summed E-state index contributed by atoms with van der Waals surface area (Å²) in [5.74, 6) is 0.951. The average Bonchev–Trinajstić information content (AvgIpc) is 3.15. The molecule has 1 fully saturated rings. The zero-order valence-electron chi connectivity index (χ0n) is 9.60. The van der Waals surface area contributed by atoms with Gasteiger partial charge < -0.3 is 0 Å². The van der Waals surface area contributed by atoms with Crippen LogP contribution in [0.4, 0.5) is 0 Å². The summed E-state index contributed by atoms with van der Waals surface area (Å²) in [4.78, 5) is 0. The van der Waals surface area contributed by atoms with Crippen molar-refractivity contribution >= 4 is 0 Å². The molecule has 0 bridgehead atoms. The van der Waals surface area contributed by atoms with Crippen LogP contribution in [0.25, 0.3) is 0 Å². The first-order chi connectivity index (χ1) is 7.89. The number of benzene rings is 1. The molecule has 1 saturated carbocycles. The fourth-order valence-corrected chi connectivity index (χ4v) is 2.69. The molecular weight excluding hydrogens is 192 g/mol. The lowest BCUT2D eigenvalue weighted by molar-refractivity contribution is 0.546. The van der Waals surface area contributed by atoms with Gasteiger partial charge in [0.05, 0.1) is 0 Å². The number of rotatable bonds is 3. The van der Waals surface area contributed by atoms with Gasteiger partial charge in [0, 0.05) is 5.41 Å². The van der Waals surface area contributed by atoms with E-state index in [4.69, 9.17) is 0 Å². The van der Waals surface area contributed by atoms with Crippen molar-refractivity contribution in [1.82, 2.24) is 0 Å². The Balaban J connectivity index is 1.97. The molecule has 1 aromatic rings. The largest absolute Gasteiger partial charge is 0.0836 e. The molecule has 2 aliphatic rings. The number of hydrogen-bond acceptors (Lipinski definition) is 0. The summed E-state index contributed by atoms with van der Waals surface area (Å²) in [6.07, 6.45) is 14.7. The normalized spacial score (nSPS) is 22.2. The van der Waals surface area contributed by atoms with Gasteiger partial charge in [0.2, 0.25) is 0 Å². The summed E-state index contributed by atoms with van der Waals surface area (Å²) in [5, 5.41) is 0. The molecule has 2 aliphatic carbocycles. The first kappa shape index (κ1) is 9.89. The quantitative estimate of drug-likeness (QED) is 0.654. The summed E-state index contributed by atoms with van der Waals surface area (Å²) in [6.45, 7) is 0. The van der Waals surface area contributed by atoms with E-state index in [9.17, 15) is 0 Å². The monoisotopic (exact) mass is 210 g/mol. The summed E-state index contributed by atoms with van der Waals surface area (Å²) in [6, 6.07) is 10.9. The van der Waals surface area contributed by atoms with E-state index >= 15 is 0 Å². The third kappa shape index (κ3) is 1.84. The van der Waals surface area contributed by atoms with Crippen LogP contribution in [0.3, 0.4) is 0 Å². The molecule has 0 atom stereocenters. The third-order valence-electron chi connectivity index (χ3n) is 3.74. The van der Waals surface area contributed by atoms with Crippen LogP contribution < -0.4 is 0 Å². The summed E-state index contributed by atoms with van der Waals surface area (Å²) in [5.41, 5.74) is 1.65. The lowest BCUT2D eigenvalue weighted by atomic mass is 9.74. The van der Waals surface area contributed by atoms with E-state index in [1.165, 1.54) is 24.8 Å². The van der Waals surface area contributed by atoms with Gasteiger partial charge in [-0.25, -0.2) is 0 Å². The van der Waals surface area contributed by atoms with Gasteiger partial charge in [-0.1, -0.05) is 67.5 Å². The van der Waals surface area contributed by atoms with Gasteiger partial charge in [-0.15, -0.1) is 0 Å². The summed E-state index contributed by atoms with van der Waals surface area (Å²) >= 11 is 0. The lowest BCUT2D eigenvalue weighted by Crippen LogP contribution is -2.22. The van der Waals surface area contributed by atoms with Gasteiger partial charge in [0.25, 0.3) is 0 Å². The van der Waals surface area contributed by atoms with Crippen LogP contribution in [0, 0.1) is 5.92 Å². The summed E-state index contributed by atoms with van der Waals surface area (Å²) in [7, 11) is 0. The predicted molar refractivity (Wildman–Crippen MR) is 68.4 cm³/mol. The molecule has 0 spiro atoms. The Labute approximate surface area is 97.7 Å². The molecule has 0 unspecified atom stereocenters. The molecule has 0 nitrogen and oxygen atoms in total. The second-order valence-corrected chi connectivity index (χ2v) is 5.09. The van der Waals surface area contributed by atoms with Gasteiger partial charge in [-0.05, 0) is 24.3 Å². The highest BCUT2D eigenvalue weighted by atomic mass is 14.4. The van der Waals surface area contributed by atoms with Gasteiger partial charge in [-0.2, -0.15) is 0 Å². The molecule has 0 heteroatoms. The first-order valence-corrected chi connectivity index (χ1v) is 6.30. The smallest absolute Gasteiger partial charge is 0.0314 e. The SMILES string of the molecule is C1=CC(CC2CC2)(c2ccccc2)C=CC1. The molecule has 0 aromatic heterocycles. The molecule has 3 rings (SSSR count). The zero-order valence-corrected chi connectivity index (χ0v) is 9.60. The molecule has 0 heterocycles. The Kier molecular flexibility index (Phi) is 2.43. The standard InChI is InChI=1S/C16H18/c1-3-7-15(8-4-1)16(13-14-9-10-14)11-5-2-6-12-16/h1,3-8,11-12,14H,2,9-10,13H2. The van der Waals surface area contributed by atoms with Crippen molar-refractivity contribution in [2.45, 2.75) is 31.1 Å². The van der Waals surface area contributed by atoms with Crippen LogP contribution in [-0.2, 0) is 5.41 Å². The maximum Gasteiger partial charge on any atom is 0.0314 e. The molecule has 0 N–H and O–H groups in total. The van der Waals surface area contributed by atoms with E-state index in [2.05, 4.69) is 54.6 Å². The molecule has 82 valence electrons. The minimum Gasteiger partial charge on any atom is -0.0836 e. The maximum absolute atomic E-state index is 2.42. The van der Waals surface area contributed by atoms with Crippen molar-refractivity contribution in [1.29, 1.82) is 0 Å². The Morgan fingerprint density at radius 2 is 1.69 bits per heavy atom. The van der Waals surface area contributed by atoms with Crippen LogP contribution in [0.2, 0.25) is 0 Å². The van der Waals surface area contributed by atoms with Crippen molar-refractivity contribution < 1.29 is 0 Å². The zero-order chi connectivity index (χ0) is 10.8. The minimum absolute atomic E-state index is 0.195. The van der Waals surface area contributed by atoms with Crippen molar-refractivity contribution in [3.63, 3.8) is 0 Å². The summed E-state index contributed by atoms with van der Waals surface area (Å²) < 4.78 is 0. The molecule has 16 heavy (non-hydrogen) atoms. The van der Waals surface area contributed by atoms with Gasteiger partial charge >= 0.3 is 0 Å². The van der Waals surface area contributed by atoms with Crippen LogP contribution in [-0.4, -0.2) is 0 Å². The third-order valence-corrected chi connectivity index (χ3v) is 3.74. The average molecular weight is 210 g/mol. The predicted octanol–water partition coefficient (Wildman–Crippen LogP) is 4.24. The van der Waals surface area contributed by atoms with Gasteiger partial charge in [0.1, 0.15) is 0 Å². The molecule has 0 aliphatic heterocycles. The van der Waals surface area contributed by atoms with Crippen molar-refractivity contribution in [2.24, 2.45) is 5.92 Å². The van der Waals surface area contributed by atoms with Gasteiger partial charge in [-0.3, -0.25) is 0 Å². The fraction of sp³-hybridized carbons (Fsp3) is 0.375. The van der Waals surface area contributed by atoms with Crippen molar-refractivity contribution in [2.75, 3.05) is 0 Å². The maximum atomic E-state index is 2.42. The highest BCUT2D eigenvalue weighted by Gasteiger charge is 2.35. The van der Waals surface area contributed by atoms with Crippen LogP contribution in [0.5, 0.6) is 0 Å². The molecule has 0 radical (unpaired) electrons. The topological polar surface area (TPSA) is 0 Å². The number of hydrogen-bond donors (Lipinski definition) is 0. The minimum atomic E-state index is 0.195. The molecule has 1 aromatic carbocycles. The Hall–Kier alpha value is -1.30. The van der Waals surface area contributed by atoms with E-state index in [0.29, 0.717) is 0 Å². The van der Waals surface area contributed by atoms with E-state index in [0.717, 1.165) is 12.3 Å². The second-order valence-electron chi connectivity index (χ2n) is 5.09. The Bertz CT molecular complexity index is 395. The van der Waals surface area contributed by atoms with Crippen LogP contribution in [0.1, 0.15) is 31.2 Å². The van der Waals surface area contributed by atoms with Gasteiger partial charge in [0.15, 0.2) is 0 Å². The van der Waals surface area contributed by atoms with E-state index < -0.39 is 0 Å². The second kappa shape index (κ2) is 3.93. The van der Waals surface area contributed by atoms with E-state index in [-0.39, 0.29) is 5.41 Å². The number of allylic oxidation sites excluding steroid dienone is 4. The van der Waals surface area contributed by atoms with Crippen molar-refractivity contribution in [3.05, 3.63) is 60.2 Å². The molecule has 0 amide bonds. The fourth-order valence-electron chi connectivity index (χ4n) is 2.69. The van der Waals surface area contributed by atoms with E-state index in [1.54, 1.807) is 0 Å². The van der Waals surface area contributed by atoms with Crippen molar-refractivity contribution in [3.8, 4) is 0 Å². The van der Waals surface area contributed by atoms with Crippen LogP contribution >= 0.6 is 0 Å². The van der Waals surface area contributed by atoms with E-state index in [1.807, 2.05) is 0 Å². The molecular formula is C16H18.